The normalized spacial score (nSPS) is 28.4. The number of likely N-dealkylation sites (tertiary alicyclic amines) is 1. The highest BCUT2D eigenvalue weighted by Crippen LogP contribution is 2.29. The molecule has 3 rings (SSSR count). The standard InChI is InChI=1S/C12H19N5O/c1-16-8-2-3-9(16)7-17(5-4-8)12(18)10-6-14-15-11(10)13/h6,8-9H,2-5,7H2,1H3,(H3,13,14,15). The third-order valence-corrected chi connectivity index (χ3v) is 4.33. The van der Waals surface area contributed by atoms with Gasteiger partial charge in [0.15, 0.2) is 0 Å². The summed E-state index contributed by atoms with van der Waals surface area (Å²) in [7, 11) is 2.17. The zero-order valence-electron chi connectivity index (χ0n) is 10.6. The van der Waals surface area contributed by atoms with Gasteiger partial charge in [-0.3, -0.25) is 14.8 Å². The van der Waals surface area contributed by atoms with Crippen molar-refractivity contribution in [3.63, 3.8) is 0 Å². The van der Waals surface area contributed by atoms with Crippen molar-refractivity contribution in [2.45, 2.75) is 31.3 Å². The first-order chi connectivity index (χ1) is 8.66. The molecule has 2 aliphatic heterocycles. The minimum Gasteiger partial charge on any atom is -0.383 e. The largest absolute Gasteiger partial charge is 0.383 e. The van der Waals surface area contributed by atoms with E-state index >= 15 is 0 Å². The van der Waals surface area contributed by atoms with E-state index in [9.17, 15) is 4.79 Å². The Bertz CT molecular complexity index is 457. The second kappa shape index (κ2) is 4.28. The summed E-state index contributed by atoms with van der Waals surface area (Å²) in [4.78, 5) is 16.7. The average molecular weight is 249 g/mol. The fraction of sp³-hybridized carbons (Fsp3) is 0.667. The number of fused-ring (bicyclic) bond motifs is 2. The summed E-state index contributed by atoms with van der Waals surface area (Å²) >= 11 is 0. The van der Waals surface area contributed by atoms with Crippen molar-refractivity contribution in [3.05, 3.63) is 11.8 Å². The molecule has 2 bridgehead atoms. The summed E-state index contributed by atoms with van der Waals surface area (Å²) in [6, 6.07) is 1.13. The van der Waals surface area contributed by atoms with Gasteiger partial charge in [0.1, 0.15) is 11.4 Å². The van der Waals surface area contributed by atoms with Crippen molar-refractivity contribution in [1.82, 2.24) is 20.0 Å². The summed E-state index contributed by atoms with van der Waals surface area (Å²) in [6.07, 6.45) is 5.02. The van der Waals surface area contributed by atoms with Gasteiger partial charge in [-0.1, -0.05) is 0 Å². The lowest BCUT2D eigenvalue weighted by atomic mass is 10.1. The number of H-pyrrole nitrogens is 1. The SMILES string of the molecule is CN1C2CCC1CN(C(=O)c1cn[nH]c1N)CC2. The van der Waals surface area contributed by atoms with E-state index < -0.39 is 0 Å². The second-order valence-electron chi connectivity index (χ2n) is 5.29. The molecule has 2 aliphatic rings. The fourth-order valence-corrected chi connectivity index (χ4v) is 3.13. The van der Waals surface area contributed by atoms with E-state index in [1.165, 1.54) is 19.0 Å². The summed E-state index contributed by atoms with van der Waals surface area (Å²) < 4.78 is 0. The van der Waals surface area contributed by atoms with Crippen LogP contribution < -0.4 is 5.73 Å². The molecule has 2 atom stereocenters. The van der Waals surface area contributed by atoms with E-state index in [1.807, 2.05) is 4.90 Å². The molecular weight excluding hydrogens is 230 g/mol. The lowest BCUT2D eigenvalue weighted by Gasteiger charge is -2.25. The van der Waals surface area contributed by atoms with Gasteiger partial charge in [-0.05, 0) is 26.3 Å². The van der Waals surface area contributed by atoms with Crippen LogP contribution in [0.2, 0.25) is 0 Å². The Morgan fingerprint density at radius 2 is 2.22 bits per heavy atom. The van der Waals surface area contributed by atoms with Crippen LogP contribution >= 0.6 is 0 Å². The molecule has 6 heteroatoms. The maximum atomic E-state index is 12.4. The highest BCUT2D eigenvalue weighted by Gasteiger charge is 2.36. The molecule has 2 fully saturated rings. The molecule has 3 N–H and O–H groups in total. The van der Waals surface area contributed by atoms with Crippen molar-refractivity contribution in [2.24, 2.45) is 0 Å². The zero-order valence-corrected chi connectivity index (χ0v) is 10.6. The van der Waals surface area contributed by atoms with E-state index in [0.29, 0.717) is 23.5 Å². The molecule has 18 heavy (non-hydrogen) atoms. The number of anilines is 1. The fourth-order valence-electron chi connectivity index (χ4n) is 3.13. The number of aromatic nitrogens is 2. The number of rotatable bonds is 1. The zero-order chi connectivity index (χ0) is 12.7. The van der Waals surface area contributed by atoms with E-state index in [-0.39, 0.29) is 5.91 Å². The molecule has 0 radical (unpaired) electrons. The number of nitrogens with two attached hydrogens (primary N) is 1. The number of nitrogens with zero attached hydrogens (tertiary/aromatic N) is 3. The lowest BCUT2D eigenvalue weighted by molar-refractivity contribution is 0.0741. The highest BCUT2D eigenvalue weighted by atomic mass is 16.2. The van der Waals surface area contributed by atoms with Gasteiger partial charge in [-0.15, -0.1) is 0 Å². The molecule has 0 aliphatic carbocycles. The van der Waals surface area contributed by atoms with Crippen LogP contribution in [0, 0.1) is 0 Å². The Balaban J connectivity index is 1.78. The minimum atomic E-state index is 0.00204. The van der Waals surface area contributed by atoms with Gasteiger partial charge in [0.25, 0.3) is 5.91 Å². The summed E-state index contributed by atoms with van der Waals surface area (Å²) in [5, 5.41) is 6.43. The minimum absolute atomic E-state index is 0.00204. The smallest absolute Gasteiger partial charge is 0.259 e. The number of aromatic amines is 1. The predicted octanol–water partition coefficient (Wildman–Crippen LogP) is 0.301. The van der Waals surface area contributed by atoms with Crippen LogP contribution in [0.5, 0.6) is 0 Å². The summed E-state index contributed by atoms with van der Waals surface area (Å²) in [6.45, 7) is 1.62. The van der Waals surface area contributed by atoms with Crippen molar-refractivity contribution in [1.29, 1.82) is 0 Å². The number of hydrogen-bond donors (Lipinski definition) is 2. The number of likely N-dealkylation sites (N-methyl/N-ethyl adjacent to an activating group) is 1. The van der Waals surface area contributed by atoms with Gasteiger partial charge in [0.2, 0.25) is 0 Å². The molecule has 1 aromatic rings. The Labute approximate surface area is 106 Å². The number of amides is 1. The Kier molecular flexibility index (Phi) is 2.74. The summed E-state index contributed by atoms with van der Waals surface area (Å²) in [5.41, 5.74) is 6.21. The van der Waals surface area contributed by atoms with Gasteiger partial charge < -0.3 is 10.6 Å². The van der Waals surface area contributed by atoms with Crippen LogP contribution in [0.3, 0.4) is 0 Å². The number of carbonyl (C=O) groups is 1. The molecule has 3 heterocycles. The first-order valence-electron chi connectivity index (χ1n) is 6.47. The average Bonchev–Trinajstić information content (AvgIpc) is 2.84. The topological polar surface area (TPSA) is 78.2 Å². The third-order valence-electron chi connectivity index (χ3n) is 4.33. The van der Waals surface area contributed by atoms with E-state index in [1.54, 1.807) is 0 Å². The number of nitrogen functional groups attached to an aromatic ring is 1. The third kappa shape index (κ3) is 1.77. The molecule has 6 nitrogen and oxygen atoms in total. The predicted molar refractivity (Wildman–Crippen MR) is 68.1 cm³/mol. The van der Waals surface area contributed by atoms with Crippen LogP contribution in [0.15, 0.2) is 6.20 Å². The highest BCUT2D eigenvalue weighted by molar-refractivity contribution is 5.98. The molecule has 1 aromatic heterocycles. The Hall–Kier alpha value is -1.56. The van der Waals surface area contributed by atoms with Crippen LogP contribution in [0.1, 0.15) is 29.6 Å². The van der Waals surface area contributed by atoms with Gasteiger partial charge in [0.05, 0.1) is 6.20 Å². The number of carbonyl (C=O) groups excluding carboxylic acids is 1. The maximum Gasteiger partial charge on any atom is 0.259 e. The van der Waals surface area contributed by atoms with E-state index in [2.05, 4.69) is 22.1 Å². The lowest BCUT2D eigenvalue weighted by Crippen LogP contribution is -2.39. The Morgan fingerprint density at radius 1 is 1.44 bits per heavy atom. The molecule has 0 spiro atoms. The second-order valence-corrected chi connectivity index (χ2v) is 5.29. The van der Waals surface area contributed by atoms with Crippen molar-refractivity contribution < 1.29 is 4.79 Å². The van der Waals surface area contributed by atoms with Crippen molar-refractivity contribution >= 4 is 11.7 Å². The van der Waals surface area contributed by atoms with Crippen LogP contribution in [0.4, 0.5) is 5.82 Å². The molecule has 2 unspecified atom stereocenters. The van der Waals surface area contributed by atoms with Crippen LogP contribution in [0.25, 0.3) is 0 Å². The molecule has 0 saturated carbocycles. The monoisotopic (exact) mass is 249 g/mol. The molecular formula is C12H19N5O. The number of hydrogen-bond acceptors (Lipinski definition) is 4. The van der Waals surface area contributed by atoms with Gasteiger partial charge >= 0.3 is 0 Å². The van der Waals surface area contributed by atoms with Crippen LogP contribution in [-0.4, -0.2) is 58.1 Å². The first kappa shape index (κ1) is 11.5. The quantitative estimate of drug-likeness (QED) is 0.750. The van der Waals surface area contributed by atoms with Crippen LogP contribution in [-0.2, 0) is 0 Å². The van der Waals surface area contributed by atoms with Crippen molar-refractivity contribution in [2.75, 3.05) is 25.9 Å². The van der Waals surface area contributed by atoms with Gasteiger partial charge in [-0.25, -0.2) is 0 Å². The van der Waals surface area contributed by atoms with Crippen molar-refractivity contribution in [3.8, 4) is 0 Å². The molecule has 0 aromatic carbocycles. The molecule has 98 valence electrons. The maximum absolute atomic E-state index is 12.4. The van der Waals surface area contributed by atoms with E-state index in [0.717, 1.165) is 19.5 Å². The summed E-state index contributed by atoms with van der Waals surface area (Å²) in [5.74, 6) is 0.366. The van der Waals surface area contributed by atoms with Gasteiger partial charge in [-0.2, -0.15) is 5.10 Å². The molecule has 1 amide bonds. The Morgan fingerprint density at radius 3 is 2.94 bits per heavy atom. The van der Waals surface area contributed by atoms with E-state index in [4.69, 9.17) is 5.73 Å². The molecule has 2 saturated heterocycles. The first-order valence-corrected chi connectivity index (χ1v) is 6.47. The van der Waals surface area contributed by atoms with Gasteiger partial charge in [0, 0.05) is 25.2 Å². The number of nitrogens with one attached hydrogen (secondary N) is 1.